The molecule has 2 rings (SSSR count). The molecule has 0 aliphatic heterocycles. The van der Waals surface area contributed by atoms with Crippen molar-refractivity contribution in [1.29, 1.82) is 0 Å². The topological polar surface area (TPSA) is 76.0 Å². The molecule has 0 spiro atoms. The van der Waals surface area contributed by atoms with E-state index >= 15 is 0 Å². The molecular formula is C16H25NO3Si. The zero-order valence-corrected chi connectivity index (χ0v) is 13.8. The molecule has 116 valence electrons. The van der Waals surface area contributed by atoms with Gasteiger partial charge in [-0.15, -0.1) is 0 Å². The lowest BCUT2D eigenvalue weighted by atomic mass is 10.3. The first-order valence-corrected chi connectivity index (χ1v) is 8.38. The van der Waals surface area contributed by atoms with E-state index in [0.717, 1.165) is 18.9 Å². The van der Waals surface area contributed by atoms with Crippen LogP contribution in [0.15, 0.2) is 60.7 Å². The SMILES string of the molecule is CCO[SiH](OCC)c1ccccc1.Nc1ccccc1.O. The number of benzene rings is 2. The summed E-state index contributed by atoms with van der Waals surface area (Å²) in [6, 6.07) is 19.7. The fourth-order valence-electron chi connectivity index (χ4n) is 1.61. The second-order valence-electron chi connectivity index (χ2n) is 4.06. The predicted molar refractivity (Wildman–Crippen MR) is 90.9 cm³/mol. The molecule has 0 aromatic heterocycles. The number of nitrogens with two attached hydrogens (primary N) is 1. The molecule has 0 unspecified atom stereocenters. The minimum absolute atomic E-state index is 0. The van der Waals surface area contributed by atoms with Gasteiger partial charge in [0.15, 0.2) is 0 Å². The highest BCUT2D eigenvalue weighted by molar-refractivity contribution is 6.61. The maximum atomic E-state index is 5.59. The molecular weight excluding hydrogens is 282 g/mol. The predicted octanol–water partition coefficient (Wildman–Crippen LogP) is 1.63. The smallest absolute Gasteiger partial charge is 0.355 e. The lowest BCUT2D eigenvalue weighted by Crippen LogP contribution is -2.36. The molecule has 0 aliphatic carbocycles. The van der Waals surface area contributed by atoms with Gasteiger partial charge in [-0.05, 0) is 31.2 Å². The summed E-state index contributed by atoms with van der Waals surface area (Å²) in [6.07, 6.45) is 0. The highest BCUT2D eigenvalue weighted by atomic mass is 28.3. The average Bonchev–Trinajstić information content (AvgIpc) is 2.49. The van der Waals surface area contributed by atoms with E-state index in [9.17, 15) is 0 Å². The molecule has 0 amide bonds. The van der Waals surface area contributed by atoms with Crippen LogP contribution in [0.2, 0.25) is 0 Å². The van der Waals surface area contributed by atoms with Gasteiger partial charge in [-0.2, -0.15) is 0 Å². The summed E-state index contributed by atoms with van der Waals surface area (Å²) in [5.74, 6) is 0. The highest BCUT2D eigenvalue weighted by Crippen LogP contribution is 1.96. The second-order valence-corrected chi connectivity index (χ2v) is 6.06. The van der Waals surface area contributed by atoms with Crippen LogP contribution in [0.25, 0.3) is 0 Å². The maximum Gasteiger partial charge on any atom is 0.355 e. The first-order valence-electron chi connectivity index (χ1n) is 6.86. The van der Waals surface area contributed by atoms with Crippen LogP contribution in [0.4, 0.5) is 5.69 Å². The van der Waals surface area contributed by atoms with E-state index in [1.807, 2.05) is 62.4 Å². The van der Waals surface area contributed by atoms with Crippen molar-refractivity contribution in [3.63, 3.8) is 0 Å². The second kappa shape index (κ2) is 12.1. The number of anilines is 1. The van der Waals surface area contributed by atoms with E-state index in [0.29, 0.717) is 0 Å². The molecule has 2 aromatic carbocycles. The molecule has 0 bridgehead atoms. The third-order valence-electron chi connectivity index (χ3n) is 2.51. The fraction of sp³-hybridized carbons (Fsp3) is 0.250. The standard InChI is InChI=1S/C10H16O2Si.C6H7N.H2O/c1-3-11-13(12-4-2)10-8-6-5-7-9-10;7-6-4-2-1-3-5-6;/h5-9,13H,3-4H2,1-2H3;1-5H,7H2;1H2. The van der Waals surface area contributed by atoms with Gasteiger partial charge >= 0.3 is 9.28 Å². The molecule has 5 heteroatoms. The number of nitrogen functional groups attached to an aromatic ring is 1. The molecule has 4 nitrogen and oxygen atoms in total. The van der Waals surface area contributed by atoms with E-state index in [1.54, 1.807) is 0 Å². The molecule has 0 heterocycles. The summed E-state index contributed by atoms with van der Waals surface area (Å²) in [5, 5.41) is 1.21. The van der Waals surface area contributed by atoms with E-state index in [1.165, 1.54) is 5.19 Å². The van der Waals surface area contributed by atoms with Gasteiger partial charge in [-0.25, -0.2) is 0 Å². The lowest BCUT2D eigenvalue weighted by Gasteiger charge is -2.14. The first kappa shape index (κ1) is 19.3. The average molecular weight is 307 g/mol. The van der Waals surface area contributed by atoms with Crippen molar-refractivity contribution in [3.8, 4) is 0 Å². The Morgan fingerprint density at radius 1 is 0.810 bits per heavy atom. The van der Waals surface area contributed by atoms with Crippen LogP contribution in [-0.2, 0) is 8.85 Å². The Morgan fingerprint density at radius 2 is 1.24 bits per heavy atom. The minimum Gasteiger partial charge on any atom is -0.412 e. The van der Waals surface area contributed by atoms with Crippen molar-refractivity contribution >= 4 is 20.2 Å². The van der Waals surface area contributed by atoms with Crippen LogP contribution in [0.5, 0.6) is 0 Å². The highest BCUT2D eigenvalue weighted by Gasteiger charge is 2.13. The molecule has 0 aliphatic rings. The van der Waals surface area contributed by atoms with Crippen molar-refractivity contribution in [2.75, 3.05) is 18.9 Å². The molecule has 0 fully saturated rings. The van der Waals surface area contributed by atoms with Crippen molar-refractivity contribution < 1.29 is 14.3 Å². The largest absolute Gasteiger partial charge is 0.412 e. The molecule has 0 atom stereocenters. The Hall–Kier alpha value is -1.66. The summed E-state index contributed by atoms with van der Waals surface area (Å²) in [7, 11) is -1.59. The van der Waals surface area contributed by atoms with Gasteiger partial charge in [-0.3, -0.25) is 0 Å². The summed E-state index contributed by atoms with van der Waals surface area (Å²) < 4.78 is 11.2. The maximum absolute atomic E-state index is 5.59. The fourth-order valence-corrected chi connectivity index (χ4v) is 3.23. The Labute approximate surface area is 128 Å². The summed E-state index contributed by atoms with van der Waals surface area (Å²) >= 11 is 0. The van der Waals surface area contributed by atoms with Gasteiger partial charge in [0.2, 0.25) is 0 Å². The number of rotatable bonds is 5. The molecule has 4 N–H and O–H groups in total. The van der Waals surface area contributed by atoms with Crippen molar-refractivity contribution in [1.82, 2.24) is 0 Å². The van der Waals surface area contributed by atoms with E-state index in [-0.39, 0.29) is 5.48 Å². The van der Waals surface area contributed by atoms with Crippen LogP contribution in [0.3, 0.4) is 0 Å². The Morgan fingerprint density at radius 3 is 1.57 bits per heavy atom. The zero-order chi connectivity index (χ0) is 14.6. The van der Waals surface area contributed by atoms with Gasteiger partial charge < -0.3 is 20.1 Å². The molecule has 2 aromatic rings. The van der Waals surface area contributed by atoms with Gasteiger partial charge in [0.25, 0.3) is 0 Å². The molecule has 21 heavy (non-hydrogen) atoms. The Balaban J connectivity index is 0.000000425. The van der Waals surface area contributed by atoms with E-state index in [2.05, 4.69) is 12.1 Å². The van der Waals surface area contributed by atoms with Gasteiger partial charge in [-0.1, -0.05) is 48.5 Å². The molecule has 0 radical (unpaired) electrons. The number of hydrogen-bond donors (Lipinski definition) is 1. The zero-order valence-electron chi connectivity index (χ0n) is 12.7. The summed E-state index contributed by atoms with van der Waals surface area (Å²) in [5.41, 5.74) is 6.18. The van der Waals surface area contributed by atoms with Gasteiger partial charge in [0.1, 0.15) is 0 Å². The lowest BCUT2D eigenvalue weighted by molar-refractivity contribution is 0.225. The summed E-state index contributed by atoms with van der Waals surface area (Å²) in [6.45, 7) is 5.46. The van der Waals surface area contributed by atoms with Crippen LogP contribution < -0.4 is 10.9 Å². The van der Waals surface area contributed by atoms with Crippen molar-refractivity contribution in [3.05, 3.63) is 60.7 Å². The molecule has 0 saturated heterocycles. The first-order chi connectivity index (χ1) is 9.77. The Bertz CT molecular complexity index is 448. The Kier molecular flexibility index (Phi) is 11.1. The van der Waals surface area contributed by atoms with Crippen LogP contribution in [0, 0.1) is 0 Å². The monoisotopic (exact) mass is 307 g/mol. The van der Waals surface area contributed by atoms with Crippen molar-refractivity contribution in [2.24, 2.45) is 0 Å². The third kappa shape index (κ3) is 8.26. The summed E-state index contributed by atoms with van der Waals surface area (Å²) in [4.78, 5) is 0. The minimum atomic E-state index is -1.59. The number of hydrogen-bond acceptors (Lipinski definition) is 3. The van der Waals surface area contributed by atoms with Gasteiger partial charge in [0, 0.05) is 18.9 Å². The van der Waals surface area contributed by atoms with Crippen LogP contribution in [0.1, 0.15) is 13.8 Å². The quantitative estimate of drug-likeness (QED) is 0.674. The van der Waals surface area contributed by atoms with E-state index in [4.69, 9.17) is 14.6 Å². The van der Waals surface area contributed by atoms with E-state index < -0.39 is 9.28 Å². The van der Waals surface area contributed by atoms with Gasteiger partial charge in [0.05, 0.1) is 0 Å². The molecule has 0 saturated carbocycles. The number of para-hydroxylation sites is 1. The third-order valence-corrected chi connectivity index (χ3v) is 4.71. The van der Waals surface area contributed by atoms with Crippen molar-refractivity contribution in [2.45, 2.75) is 13.8 Å². The normalized spacial score (nSPS) is 9.48. The van der Waals surface area contributed by atoms with Crippen LogP contribution >= 0.6 is 0 Å². The van der Waals surface area contributed by atoms with Crippen LogP contribution in [-0.4, -0.2) is 28.0 Å².